The van der Waals surface area contributed by atoms with Crippen molar-refractivity contribution < 1.29 is 14.8 Å². The number of phenols is 1. The minimum atomic E-state index is -0.644. The summed E-state index contributed by atoms with van der Waals surface area (Å²) in [6.45, 7) is 0. The summed E-state index contributed by atoms with van der Waals surface area (Å²) in [6.07, 6.45) is 1.24. The number of nitrogens with zero attached hydrogens (tertiary/aromatic N) is 1. The fourth-order valence-corrected chi connectivity index (χ4v) is 1.78. The number of phenolic OH excluding ortho intramolecular Hbond substituents is 1. The van der Waals surface area contributed by atoms with Crippen molar-refractivity contribution in [3.63, 3.8) is 0 Å². The van der Waals surface area contributed by atoms with E-state index in [0.717, 1.165) is 5.56 Å². The smallest absolute Gasteiger partial charge is 0.310 e. The molecule has 2 rings (SSSR count). The molecule has 1 aliphatic rings. The van der Waals surface area contributed by atoms with E-state index in [-0.39, 0.29) is 23.6 Å². The number of nitro groups is 1. The largest absolute Gasteiger partial charge is 0.502 e. The summed E-state index contributed by atoms with van der Waals surface area (Å²) in [5.74, 6) is -0.240. The first-order valence-corrected chi connectivity index (χ1v) is 4.59. The number of fused-ring (bicyclic) bond motifs is 1. The highest BCUT2D eigenvalue weighted by Gasteiger charge is 2.22. The lowest BCUT2D eigenvalue weighted by molar-refractivity contribution is -0.385. The topological polar surface area (TPSA) is 80.4 Å². The Morgan fingerprint density at radius 1 is 1.27 bits per heavy atom. The lowest BCUT2D eigenvalue weighted by atomic mass is 9.90. The van der Waals surface area contributed by atoms with E-state index in [9.17, 15) is 20.0 Å². The molecule has 0 radical (unpaired) electrons. The number of rotatable bonds is 1. The lowest BCUT2D eigenvalue weighted by Gasteiger charge is -2.14. The van der Waals surface area contributed by atoms with Gasteiger partial charge in [-0.25, -0.2) is 0 Å². The van der Waals surface area contributed by atoms with Gasteiger partial charge in [0.05, 0.1) is 4.92 Å². The second-order valence-corrected chi connectivity index (χ2v) is 3.58. The maximum atomic E-state index is 11.2. The molecule has 0 amide bonds. The van der Waals surface area contributed by atoms with Crippen LogP contribution in [0.2, 0.25) is 0 Å². The maximum absolute atomic E-state index is 11.2. The van der Waals surface area contributed by atoms with Crippen LogP contribution in [0.5, 0.6) is 5.75 Å². The summed E-state index contributed by atoms with van der Waals surface area (Å²) in [5.41, 5.74) is 1.16. The Morgan fingerprint density at radius 3 is 2.67 bits per heavy atom. The van der Waals surface area contributed by atoms with Gasteiger partial charge >= 0.3 is 5.69 Å². The highest BCUT2D eigenvalue weighted by atomic mass is 16.6. The molecule has 1 aromatic carbocycles. The summed E-state index contributed by atoms with van der Waals surface area (Å²) in [5, 5.41) is 19.9. The minimum Gasteiger partial charge on any atom is -0.502 e. The zero-order valence-electron chi connectivity index (χ0n) is 7.90. The standard InChI is InChI=1S/C10H9NO4/c12-8-2-1-6-5-10(13)9(11(14)15)4-7(6)3-8/h4-5,13H,1-3H2. The maximum Gasteiger partial charge on any atom is 0.310 e. The fourth-order valence-electron chi connectivity index (χ4n) is 1.78. The molecule has 0 atom stereocenters. The van der Waals surface area contributed by atoms with Crippen LogP contribution in [-0.2, 0) is 17.6 Å². The second kappa shape index (κ2) is 3.34. The molecule has 0 aromatic heterocycles. The van der Waals surface area contributed by atoms with Crippen molar-refractivity contribution in [2.75, 3.05) is 0 Å². The Hall–Kier alpha value is -1.91. The predicted molar refractivity (Wildman–Crippen MR) is 51.8 cm³/mol. The fraction of sp³-hybridized carbons (Fsp3) is 0.300. The number of ketones is 1. The number of nitro benzene ring substituents is 1. The quantitative estimate of drug-likeness (QED) is 0.556. The molecule has 0 fully saturated rings. The van der Waals surface area contributed by atoms with Crippen LogP contribution >= 0.6 is 0 Å². The van der Waals surface area contributed by atoms with Gasteiger partial charge in [0.25, 0.3) is 0 Å². The van der Waals surface area contributed by atoms with E-state index in [1.165, 1.54) is 12.1 Å². The van der Waals surface area contributed by atoms with Crippen LogP contribution < -0.4 is 0 Å². The van der Waals surface area contributed by atoms with Crippen molar-refractivity contribution in [1.29, 1.82) is 0 Å². The monoisotopic (exact) mass is 207 g/mol. The molecule has 0 saturated heterocycles. The molecule has 1 aromatic rings. The Labute approximate surface area is 85.5 Å². The average Bonchev–Trinajstić information content (AvgIpc) is 2.17. The summed E-state index contributed by atoms with van der Waals surface area (Å²) in [7, 11) is 0. The number of Topliss-reactive ketones (excluding diaryl/α,β-unsaturated/α-hetero) is 1. The summed E-state index contributed by atoms with van der Waals surface area (Å²) in [6, 6.07) is 2.68. The van der Waals surface area contributed by atoms with Crippen molar-refractivity contribution in [2.45, 2.75) is 19.3 Å². The van der Waals surface area contributed by atoms with E-state index < -0.39 is 4.92 Å². The highest BCUT2D eigenvalue weighted by molar-refractivity contribution is 5.83. The average molecular weight is 207 g/mol. The third kappa shape index (κ3) is 1.68. The van der Waals surface area contributed by atoms with Crippen LogP contribution in [0.1, 0.15) is 17.5 Å². The van der Waals surface area contributed by atoms with E-state index in [1.54, 1.807) is 0 Å². The molecule has 0 saturated carbocycles. The molecule has 5 nitrogen and oxygen atoms in total. The van der Waals surface area contributed by atoms with Crippen LogP contribution in [0.25, 0.3) is 0 Å². The number of aromatic hydroxyl groups is 1. The van der Waals surface area contributed by atoms with Gasteiger partial charge in [-0.15, -0.1) is 0 Å². The van der Waals surface area contributed by atoms with Crippen molar-refractivity contribution in [3.05, 3.63) is 33.4 Å². The number of carbonyl (C=O) groups excluding carboxylic acids is 1. The number of hydrogen-bond donors (Lipinski definition) is 1. The van der Waals surface area contributed by atoms with Gasteiger partial charge in [-0.1, -0.05) is 0 Å². The zero-order valence-corrected chi connectivity index (χ0v) is 7.90. The normalized spacial score (nSPS) is 14.8. The molecule has 15 heavy (non-hydrogen) atoms. The van der Waals surface area contributed by atoms with Crippen LogP contribution in [0.15, 0.2) is 12.1 Å². The Balaban J connectivity index is 2.51. The highest BCUT2D eigenvalue weighted by Crippen LogP contribution is 2.32. The van der Waals surface area contributed by atoms with Gasteiger partial charge in [-0.2, -0.15) is 0 Å². The summed E-state index contributed by atoms with van der Waals surface area (Å²) < 4.78 is 0. The molecule has 5 heteroatoms. The SMILES string of the molecule is O=C1CCc2cc(O)c([N+](=O)[O-])cc2C1. The first kappa shape index (κ1) is 9.64. The van der Waals surface area contributed by atoms with Crippen molar-refractivity contribution in [2.24, 2.45) is 0 Å². The number of aryl methyl sites for hydroxylation is 1. The minimum absolute atomic E-state index is 0.0856. The summed E-state index contributed by atoms with van der Waals surface area (Å²) in [4.78, 5) is 21.1. The van der Waals surface area contributed by atoms with Crippen LogP contribution in [0.4, 0.5) is 5.69 Å². The third-order valence-electron chi connectivity index (χ3n) is 2.55. The van der Waals surface area contributed by atoms with Crippen molar-refractivity contribution in [1.82, 2.24) is 0 Å². The molecule has 0 heterocycles. The summed E-state index contributed by atoms with van der Waals surface area (Å²) >= 11 is 0. The van der Waals surface area contributed by atoms with Gasteiger partial charge in [-0.3, -0.25) is 14.9 Å². The molecule has 0 aliphatic heterocycles. The number of hydrogen-bond acceptors (Lipinski definition) is 4. The van der Waals surface area contributed by atoms with Gasteiger partial charge in [0.1, 0.15) is 5.78 Å². The van der Waals surface area contributed by atoms with Gasteiger partial charge in [0.15, 0.2) is 5.75 Å². The first-order valence-electron chi connectivity index (χ1n) is 4.59. The lowest BCUT2D eigenvalue weighted by Crippen LogP contribution is -2.13. The van der Waals surface area contributed by atoms with E-state index in [4.69, 9.17) is 0 Å². The van der Waals surface area contributed by atoms with Gasteiger partial charge in [-0.05, 0) is 23.6 Å². The van der Waals surface area contributed by atoms with Gasteiger partial charge < -0.3 is 5.11 Å². The van der Waals surface area contributed by atoms with Crippen molar-refractivity contribution >= 4 is 11.5 Å². The molecule has 1 N–H and O–H groups in total. The number of carbonyl (C=O) groups is 1. The number of benzene rings is 1. The van der Waals surface area contributed by atoms with E-state index in [2.05, 4.69) is 0 Å². The van der Waals surface area contributed by atoms with Crippen molar-refractivity contribution in [3.8, 4) is 5.75 Å². The van der Waals surface area contributed by atoms with Crippen LogP contribution in [-0.4, -0.2) is 15.8 Å². The Bertz CT molecular complexity index is 453. The first-order chi connectivity index (χ1) is 7.08. The van der Waals surface area contributed by atoms with E-state index in [0.29, 0.717) is 18.4 Å². The van der Waals surface area contributed by atoms with Gasteiger partial charge in [0.2, 0.25) is 0 Å². The second-order valence-electron chi connectivity index (χ2n) is 3.58. The van der Waals surface area contributed by atoms with Crippen LogP contribution in [0, 0.1) is 10.1 Å². The molecular weight excluding hydrogens is 198 g/mol. The molecule has 1 aliphatic carbocycles. The van der Waals surface area contributed by atoms with Crippen LogP contribution in [0.3, 0.4) is 0 Å². The van der Waals surface area contributed by atoms with Gasteiger partial charge in [0, 0.05) is 18.9 Å². The molecule has 0 unspecified atom stereocenters. The Morgan fingerprint density at radius 2 is 2.00 bits per heavy atom. The molecule has 0 bridgehead atoms. The third-order valence-corrected chi connectivity index (χ3v) is 2.55. The molecular formula is C10H9NO4. The Kier molecular flexibility index (Phi) is 2.15. The van der Waals surface area contributed by atoms with E-state index >= 15 is 0 Å². The zero-order chi connectivity index (χ0) is 11.0. The molecule has 78 valence electrons. The predicted octanol–water partition coefficient (Wildman–Crippen LogP) is 1.36. The molecule has 0 spiro atoms. The van der Waals surface area contributed by atoms with E-state index in [1.807, 2.05) is 0 Å².